The molecule has 0 radical (unpaired) electrons. The van der Waals surface area contributed by atoms with Crippen LogP contribution in [0.5, 0.6) is 0 Å². The van der Waals surface area contributed by atoms with Gasteiger partial charge in [0, 0.05) is 13.1 Å². The van der Waals surface area contributed by atoms with E-state index in [0.29, 0.717) is 90.4 Å². The fourth-order valence-corrected chi connectivity index (χ4v) is 6.04. The molecular formula is C35H67N13O8. The first kappa shape index (κ1) is 49.4. The number of hydrogen-bond acceptors (Lipinski definition) is 12. The molecule has 1 heterocycles. The molecular weight excluding hydrogens is 730 g/mol. The standard InChI is InChI=1S/C35H67N13O8/c1-22(29(50)45-25(13-3-7-17-37)32(53)47-26(34(55)56)14-4-8-18-38)44-31(52)24(12-2-6-16-36)46-33(54)27-15-5-9-20-48(27)28(49)21-43-30(51)23(39)11-10-19-42-35(40)41/h22-27H,2-21,36-39H2,1H3,(H,43,51)(H,44,52)(H,45,50)(H,46,54)(H,47,53)(H,55,56)(H4,40,41,42)/t22-,23-,24-,25-,26-,27-/m0/s1. The number of carboxylic acid groups (broad SMARTS) is 1. The van der Waals surface area contributed by atoms with Crippen molar-refractivity contribution in [2.24, 2.45) is 39.4 Å². The Kier molecular flexibility index (Phi) is 24.6. The number of carbonyl (C=O) groups is 7. The summed E-state index contributed by atoms with van der Waals surface area (Å²) in [5.41, 5.74) is 33.3. The minimum atomic E-state index is -1.22. The normalized spacial score (nSPS) is 16.6. The summed E-state index contributed by atoms with van der Waals surface area (Å²) in [4.78, 5) is 96.5. The Morgan fingerprint density at radius 1 is 0.696 bits per heavy atom. The number of piperidine rings is 1. The largest absolute Gasteiger partial charge is 0.480 e. The predicted molar refractivity (Wildman–Crippen MR) is 210 cm³/mol. The Hall–Kier alpha value is -4.60. The molecule has 1 saturated heterocycles. The average molecular weight is 798 g/mol. The van der Waals surface area contributed by atoms with Crippen LogP contribution < -0.4 is 61.0 Å². The van der Waals surface area contributed by atoms with E-state index >= 15 is 0 Å². The SMILES string of the molecule is C[C@H](NC(=O)[C@H](CCCCN)NC(=O)[C@@H]1CCCCN1C(=O)CNC(=O)[C@@H](N)CCCN=C(N)N)C(=O)N[C@@H](CCCCN)C(=O)N[C@@H](CCCCN)C(=O)O. The lowest BCUT2D eigenvalue weighted by Crippen LogP contribution is -2.59. The van der Waals surface area contributed by atoms with Crippen LogP contribution in [-0.2, 0) is 33.6 Å². The van der Waals surface area contributed by atoms with Gasteiger partial charge in [-0.3, -0.25) is 33.8 Å². The summed E-state index contributed by atoms with van der Waals surface area (Å²) in [5, 5.41) is 22.6. The molecule has 6 atom stereocenters. The highest BCUT2D eigenvalue weighted by Crippen LogP contribution is 2.18. The summed E-state index contributed by atoms with van der Waals surface area (Å²) in [6, 6.07) is -6.33. The van der Waals surface area contributed by atoms with E-state index in [4.69, 9.17) is 34.4 Å². The van der Waals surface area contributed by atoms with Gasteiger partial charge in [0.2, 0.25) is 35.4 Å². The lowest BCUT2D eigenvalue weighted by Gasteiger charge is -2.35. The predicted octanol–water partition coefficient (Wildman–Crippen LogP) is -3.70. The van der Waals surface area contributed by atoms with E-state index in [2.05, 4.69) is 31.6 Å². The highest BCUT2D eigenvalue weighted by Gasteiger charge is 2.35. The fourth-order valence-electron chi connectivity index (χ4n) is 6.04. The molecule has 21 nitrogen and oxygen atoms in total. The van der Waals surface area contributed by atoms with Crippen LogP contribution in [0.4, 0.5) is 0 Å². The van der Waals surface area contributed by atoms with Crippen LogP contribution in [0, 0.1) is 0 Å². The Morgan fingerprint density at radius 3 is 1.79 bits per heavy atom. The van der Waals surface area contributed by atoms with Crippen molar-refractivity contribution in [1.29, 1.82) is 0 Å². The van der Waals surface area contributed by atoms with Crippen molar-refractivity contribution >= 4 is 47.4 Å². The van der Waals surface area contributed by atoms with Crippen LogP contribution in [0.1, 0.15) is 96.8 Å². The second kappa shape index (κ2) is 27.9. The Balaban J connectivity index is 2.97. The number of carboxylic acids is 1. The Labute approximate surface area is 329 Å². The first-order valence-corrected chi connectivity index (χ1v) is 19.6. The van der Waals surface area contributed by atoms with Crippen molar-refractivity contribution in [2.45, 2.75) is 133 Å². The van der Waals surface area contributed by atoms with Gasteiger partial charge in [-0.1, -0.05) is 0 Å². The Morgan fingerprint density at radius 2 is 1.23 bits per heavy atom. The van der Waals surface area contributed by atoms with Crippen LogP contribution >= 0.6 is 0 Å². The van der Waals surface area contributed by atoms with Gasteiger partial charge in [-0.05, 0) is 116 Å². The smallest absolute Gasteiger partial charge is 0.326 e. The molecule has 0 spiro atoms. The molecule has 56 heavy (non-hydrogen) atoms. The van der Waals surface area contributed by atoms with E-state index in [1.54, 1.807) is 0 Å². The lowest BCUT2D eigenvalue weighted by molar-refractivity contribution is -0.143. The van der Waals surface area contributed by atoms with Crippen molar-refractivity contribution in [1.82, 2.24) is 31.5 Å². The Bertz CT molecular complexity index is 1300. The molecule has 1 fully saturated rings. The topological polar surface area (TPSA) is 372 Å². The number of nitrogens with zero attached hydrogens (tertiary/aromatic N) is 2. The van der Waals surface area contributed by atoms with Gasteiger partial charge in [-0.25, -0.2) is 4.79 Å². The van der Waals surface area contributed by atoms with Gasteiger partial charge in [-0.15, -0.1) is 0 Å². The third kappa shape index (κ3) is 19.3. The molecule has 0 aliphatic carbocycles. The third-order valence-electron chi connectivity index (χ3n) is 9.32. The highest BCUT2D eigenvalue weighted by atomic mass is 16.4. The van der Waals surface area contributed by atoms with Crippen LogP contribution in [-0.4, -0.2) is 133 Å². The number of amides is 6. The van der Waals surface area contributed by atoms with Crippen molar-refractivity contribution in [3.8, 4) is 0 Å². The van der Waals surface area contributed by atoms with Crippen LogP contribution in [0.2, 0.25) is 0 Å². The van der Waals surface area contributed by atoms with Crippen molar-refractivity contribution in [2.75, 3.05) is 39.3 Å². The van der Waals surface area contributed by atoms with E-state index in [-0.39, 0.29) is 44.7 Å². The highest BCUT2D eigenvalue weighted by molar-refractivity contribution is 5.96. The minimum Gasteiger partial charge on any atom is -0.480 e. The number of nitrogens with two attached hydrogens (primary N) is 6. The summed E-state index contributed by atoms with van der Waals surface area (Å²) in [6.07, 6.45) is 6.00. The number of hydrogen-bond donors (Lipinski definition) is 12. The van der Waals surface area contributed by atoms with E-state index < -0.39 is 77.7 Å². The number of nitrogens with one attached hydrogen (secondary N) is 5. The second-order valence-electron chi connectivity index (χ2n) is 14.0. The zero-order valence-corrected chi connectivity index (χ0v) is 32.8. The van der Waals surface area contributed by atoms with Crippen molar-refractivity contribution < 1.29 is 38.7 Å². The van der Waals surface area contributed by atoms with Crippen LogP contribution in [0.15, 0.2) is 4.99 Å². The van der Waals surface area contributed by atoms with Gasteiger partial charge >= 0.3 is 5.97 Å². The van der Waals surface area contributed by atoms with E-state index in [9.17, 15) is 38.7 Å². The molecule has 6 amide bonds. The molecule has 0 saturated carbocycles. The molecule has 1 aliphatic rings. The zero-order valence-electron chi connectivity index (χ0n) is 32.8. The number of aliphatic carboxylic acids is 1. The molecule has 0 aromatic rings. The first-order chi connectivity index (χ1) is 26.7. The maximum atomic E-state index is 13.7. The summed E-state index contributed by atoms with van der Waals surface area (Å²) in [5.74, 6) is -4.94. The monoisotopic (exact) mass is 798 g/mol. The molecule has 0 aromatic heterocycles. The molecule has 1 aliphatic heterocycles. The maximum Gasteiger partial charge on any atom is 0.326 e. The van der Waals surface area contributed by atoms with Gasteiger partial charge in [0.1, 0.15) is 30.2 Å². The van der Waals surface area contributed by atoms with Gasteiger partial charge in [-0.2, -0.15) is 0 Å². The van der Waals surface area contributed by atoms with Crippen LogP contribution in [0.25, 0.3) is 0 Å². The number of carbonyl (C=O) groups excluding carboxylic acids is 6. The summed E-state index contributed by atoms with van der Waals surface area (Å²) < 4.78 is 0. The molecule has 18 N–H and O–H groups in total. The molecule has 21 heteroatoms. The third-order valence-corrected chi connectivity index (χ3v) is 9.32. The summed E-state index contributed by atoms with van der Waals surface area (Å²) in [7, 11) is 0. The van der Waals surface area contributed by atoms with Gasteiger partial charge in [0.15, 0.2) is 5.96 Å². The lowest BCUT2D eigenvalue weighted by atomic mass is 10.00. The fraction of sp³-hybridized carbons (Fsp3) is 0.771. The molecule has 0 unspecified atom stereocenters. The first-order valence-electron chi connectivity index (χ1n) is 19.6. The van der Waals surface area contributed by atoms with E-state index in [1.807, 2.05) is 0 Å². The van der Waals surface area contributed by atoms with E-state index in [1.165, 1.54) is 11.8 Å². The number of guanidine groups is 1. The average Bonchev–Trinajstić information content (AvgIpc) is 3.16. The summed E-state index contributed by atoms with van der Waals surface area (Å²) >= 11 is 0. The van der Waals surface area contributed by atoms with Gasteiger partial charge in [0.25, 0.3) is 0 Å². The molecule has 0 aromatic carbocycles. The summed E-state index contributed by atoms with van der Waals surface area (Å²) in [6.45, 7) is 2.67. The van der Waals surface area contributed by atoms with Crippen molar-refractivity contribution in [3.63, 3.8) is 0 Å². The van der Waals surface area contributed by atoms with Gasteiger partial charge in [0.05, 0.1) is 12.6 Å². The molecule has 0 bridgehead atoms. The van der Waals surface area contributed by atoms with Crippen molar-refractivity contribution in [3.05, 3.63) is 0 Å². The minimum absolute atomic E-state index is 0.0699. The molecule has 320 valence electrons. The molecule has 1 rings (SSSR count). The number of unbranched alkanes of at least 4 members (excludes halogenated alkanes) is 3. The second-order valence-corrected chi connectivity index (χ2v) is 14.0. The number of aliphatic imine (C=N–C) groups is 1. The quantitative estimate of drug-likeness (QED) is 0.0206. The van der Waals surface area contributed by atoms with Crippen LogP contribution in [0.3, 0.4) is 0 Å². The zero-order chi connectivity index (χ0) is 42.0. The number of rotatable bonds is 28. The van der Waals surface area contributed by atoms with Gasteiger partial charge < -0.3 is 71.0 Å². The maximum absolute atomic E-state index is 13.7. The van der Waals surface area contributed by atoms with E-state index in [0.717, 1.165) is 0 Å². The number of likely N-dealkylation sites (tertiary alicyclic amines) is 1.